The van der Waals surface area contributed by atoms with Gasteiger partial charge in [0.05, 0.1) is 6.54 Å². The van der Waals surface area contributed by atoms with Gasteiger partial charge in [0, 0.05) is 5.69 Å². The smallest absolute Gasteiger partial charge is 0.238 e. The predicted octanol–water partition coefficient (Wildman–Crippen LogP) is 3.17. The SMILES string of the molecule is CC(C)c1cccc(NC(=O)CNCC2CC2)c1.Cl. The number of hydrogen-bond acceptors (Lipinski definition) is 2. The fraction of sp³-hybridized carbons (Fsp3) is 0.533. The molecule has 0 bridgehead atoms. The van der Waals surface area contributed by atoms with Gasteiger partial charge in [0.25, 0.3) is 0 Å². The Labute approximate surface area is 121 Å². The Hall–Kier alpha value is -1.06. The van der Waals surface area contributed by atoms with Crippen molar-refractivity contribution in [3.8, 4) is 0 Å². The fourth-order valence-electron chi connectivity index (χ4n) is 1.89. The Bertz CT molecular complexity index is 416. The minimum atomic E-state index is 0. The van der Waals surface area contributed by atoms with E-state index in [9.17, 15) is 4.79 Å². The van der Waals surface area contributed by atoms with Gasteiger partial charge >= 0.3 is 0 Å². The van der Waals surface area contributed by atoms with Gasteiger partial charge in [0.2, 0.25) is 5.91 Å². The molecule has 0 radical (unpaired) electrons. The molecule has 0 atom stereocenters. The van der Waals surface area contributed by atoms with Crippen molar-refractivity contribution >= 4 is 24.0 Å². The summed E-state index contributed by atoms with van der Waals surface area (Å²) >= 11 is 0. The highest BCUT2D eigenvalue weighted by Crippen LogP contribution is 2.27. The maximum absolute atomic E-state index is 11.7. The highest BCUT2D eigenvalue weighted by Gasteiger charge is 2.20. The van der Waals surface area contributed by atoms with Gasteiger partial charge in [0.15, 0.2) is 0 Å². The number of hydrogen-bond donors (Lipinski definition) is 2. The minimum absolute atomic E-state index is 0. The molecule has 0 heterocycles. The monoisotopic (exact) mass is 282 g/mol. The molecule has 1 aromatic carbocycles. The van der Waals surface area contributed by atoms with Crippen molar-refractivity contribution in [1.29, 1.82) is 0 Å². The van der Waals surface area contributed by atoms with Crippen LogP contribution >= 0.6 is 12.4 Å². The number of anilines is 1. The van der Waals surface area contributed by atoms with Crippen LogP contribution in [0.2, 0.25) is 0 Å². The molecule has 106 valence electrons. The number of rotatable bonds is 6. The summed E-state index contributed by atoms with van der Waals surface area (Å²) in [5, 5.41) is 6.12. The summed E-state index contributed by atoms with van der Waals surface area (Å²) in [6.45, 7) is 5.68. The summed E-state index contributed by atoms with van der Waals surface area (Å²) in [6.07, 6.45) is 2.62. The number of carbonyl (C=O) groups excluding carboxylic acids is 1. The average Bonchev–Trinajstić information content (AvgIpc) is 3.13. The Morgan fingerprint density at radius 3 is 2.74 bits per heavy atom. The molecule has 19 heavy (non-hydrogen) atoms. The molecule has 1 aromatic rings. The summed E-state index contributed by atoms with van der Waals surface area (Å²) in [5.74, 6) is 1.33. The van der Waals surface area contributed by atoms with Gasteiger partial charge in [0.1, 0.15) is 0 Å². The number of benzene rings is 1. The Kier molecular flexibility index (Phi) is 6.32. The molecule has 2 rings (SSSR count). The van der Waals surface area contributed by atoms with E-state index >= 15 is 0 Å². The lowest BCUT2D eigenvalue weighted by Crippen LogP contribution is -2.29. The quantitative estimate of drug-likeness (QED) is 0.841. The number of halogens is 1. The van der Waals surface area contributed by atoms with Crippen LogP contribution in [0.1, 0.15) is 38.2 Å². The second-order valence-corrected chi connectivity index (χ2v) is 5.40. The van der Waals surface area contributed by atoms with Gasteiger partial charge in [-0.05, 0) is 48.9 Å². The highest BCUT2D eigenvalue weighted by atomic mass is 35.5. The van der Waals surface area contributed by atoms with Crippen LogP contribution in [0.25, 0.3) is 0 Å². The first-order valence-corrected chi connectivity index (χ1v) is 6.75. The van der Waals surface area contributed by atoms with Crippen molar-refractivity contribution in [2.45, 2.75) is 32.6 Å². The van der Waals surface area contributed by atoms with Crippen LogP contribution in [0.3, 0.4) is 0 Å². The number of nitrogens with one attached hydrogen (secondary N) is 2. The molecule has 0 aromatic heterocycles. The zero-order chi connectivity index (χ0) is 13.0. The van der Waals surface area contributed by atoms with E-state index < -0.39 is 0 Å². The predicted molar refractivity (Wildman–Crippen MR) is 82.0 cm³/mol. The van der Waals surface area contributed by atoms with Crippen molar-refractivity contribution in [1.82, 2.24) is 5.32 Å². The molecule has 0 saturated heterocycles. The van der Waals surface area contributed by atoms with Gasteiger partial charge < -0.3 is 10.6 Å². The maximum Gasteiger partial charge on any atom is 0.238 e. The second-order valence-electron chi connectivity index (χ2n) is 5.40. The van der Waals surface area contributed by atoms with Gasteiger partial charge in [-0.25, -0.2) is 0 Å². The zero-order valence-corrected chi connectivity index (χ0v) is 12.4. The van der Waals surface area contributed by atoms with E-state index in [4.69, 9.17) is 0 Å². The zero-order valence-electron chi connectivity index (χ0n) is 11.6. The first-order chi connectivity index (χ1) is 8.65. The lowest BCUT2D eigenvalue weighted by molar-refractivity contribution is -0.115. The minimum Gasteiger partial charge on any atom is -0.325 e. The lowest BCUT2D eigenvalue weighted by Gasteiger charge is -2.10. The summed E-state index contributed by atoms with van der Waals surface area (Å²) in [6, 6.07) is 8.06. The van der Waals surface area contributed by atoms with Crippen LogP contribution in [0.15, 0.2) is 24.3 Å². The Morgan fingerprint density at radius 1 is 1.37 bits per heavy atom. The summed E-state index contributed by atoms with van der Waals surface area (Å²) < 4.78 is 0. The molecule has 0 aliphatic heterocycles. The van der Waals surface area contributed by atoms with Crippen LogP contribution in [0, 0.1) is 5.92 Å². The number of amides is 1. The van der Waals surface area contributed by atoms with Gasteiger partial charge in [-0.1, -0.05) is 26.0 Å². The van der Waals surface area contributed by atoms with E-state index in [1.54, 1.807) is 0 Å². The summed E-state index contributed by atoms with van der Waals surface area (Å²) in [4.78, 5) is 11.7. The molecule has 1 amide bonds. The van der Waals surface area contributed by atoms with Crippen LogP contribution in [0.4, 0.5) is 5.69 Å². The van der Waals surface area contributed by atoms with Crippen molar-refractivity contribution in [2.75, 3.05) is 18.4 Å². The molecule has 2 N–H and O–H groups in total. The Balaban J connectivity index is 0.00000180. The largest absolute Gasteiger partial charge is 0.325 e. The molecule has 1 aliphatic rings. The molecule has 1 fully saturated rings. The molecule has 1 saturated carbocycles. The standard InChI is InChI=1S/C15H22N2O.ClH/c1-11(2)13-4-3-5-14(8-13)17-15(18)10-16-9-12-6-7-12;/h3-5,8,11-12,16H,6-7,9-10H2,1-2H3,(H,17,18);1H. The van der Waals surface area contributed by atoms with Crippen LogP contribution in [0.5, 0.6) is 0 Å². The second kappa shape index (κ2) is 7.51. The third-order valence-electron chi connectivity index (χ3n) is 3.25. The first kappa shape index (κ1) is 16.0. The van der Waals surface area contributed by atoms with E-state index in [2.05, 4.69) is 30.5 Å². The van der Waals surface area contributed by atoms with Crippen molar-refractivity contribution in [2.24, 2.45) is 5.92 Å². The van der Waals surface area contributed by atoms with Crippen molar-refractivity contribution < 1.29 is 4.79 Å². The molecular weight excluding hydrogens is 260 g/mol. The van der Waals surface area contributed by atoms with Crippen LogP contribution < -0.4 is 10.6 Å². The normalized spacial score (nSPS) is 14.1. The molecule has 0 spiro atoms. The van der Waals surface area contributed by atoms with Gasteiger partial charge in [-0.3, -0.25) is 4.79 Å². The molecule has 4 heteroatoms. The Morgan fingerprint density at radius 2 is 2.11 bits per heavy atom. The molecule has 1 aliphatic carbocycles. The summed E-state index contributed by atoms with van der Waals surface area (Å²) in [5.41, 5.74) is 2.14. The van der Waals surface area contributed by atoms with Crippen molar-refractivity contribution in [3.05, 3.63) is 29.8 Å². The van der Waals surface area contributed by atoms with E-state index in [-0.39, 0.29) is 18.3 Å². The van der Waals surface area contributed by atoms with E-state index in [1.807, 2.05) is 18.2 Å². The number of carbonyl (C=O) groups is 1. The van der Waals surface area contributed by atoms with E-state index in [0.717, 1.165) is 18.2 Å². The van der Waals surface area contributed by atoms with E-state index in [1.165, 1.54) is 18.4 Å². The van der Waals surface area contributed by atoms with E-state index in [0.29, 0.717) is 12.5 Å². The topological polar surface area (TPSA) is 41.1 Å². The maximum atomic E-state index is 11.7. The van der Waals surface area contributed by atoms with Crippen molar-refractivity contribution in [3.63, 3.8) is 0 Å². The third-order valence-corrected chi connectivity index (χ3v) is 3.25. The fourth-order valence-corrected chi connectivity index (χ4v) is 1.89. The van der Waals surface area contributed by atoms with Crippen LogP contribution in [-0.2, 0) is 4.79 Å². The summed E-state index contributed by atoms with van der Waals surface area (Å²) in [7, 11) is 0. The van der Waals surface area contributed by atoms with Gasteiger partial charge in [-0.15, -0.1) is 12.4 Å². The molecule has 3 nitrogen and oxygen atoms in total. The third kappa shape index (κ3) is 5.62. The highest BCUT2D eigenvalue weighted by molar-refractivity contribution is 5.92. The first-order valence-electron chi connectivity index (χ1n) is 6.75. The van der Waals surface area contributed by atoms with Crippen LogP contribution in [-0.4, -0.2) is 19.0 Å². The lowest BCUT2D eigenvalue weighted by atomic mass is 10.0. The van der Waals surface area contributed by atoms with Gasteiger partial charge in [-0.2, -0.15) is 0 Å². The average molecular weight is 283 g/mol. The molecule has 0 unspecified atom stereocenters. The molecular formula is C15H23ClN2O.